The van der Waals surface area contributed by atoms with E-state index in [1.807, 2.05) is 0 Å². The molecular formula is C4Cl6F4. The van der Waals surface area contributed by atoms with Crippen molar-refractivity contribution in [3.05, 3.63) is 0 Å². The highest BCUT2D eigenvalue weighted by Gasteiger charge is 2.72. The molecule has 0 nitrogen and oxygen atoms in total. The molecule has 0 spiro atoms. The highest BCUT2D eigenvalue weighted by molar-refractivity contribution is 6.66. The van der Waals surface area contributed by atoms with Gasteiger partial charge in [0.2, 0.25) is 8.67 Å². The first kappa shape index (κ1) is 15.5. The largest absolute Gasteiger partial charge is 0.357 e. The average molecular weight is 337 g/mol. The van der Waals surface area contributed by atoms with Crippen LogP contribution < -0.4 is 0 Å². The lowest BCUT2D eigenvalue weighted by Crippen LogP contribution is -2.55. The topological polar surface area (TPSA) is 0 Å². The second kappa shape index (κ2) is 4.04. The van der Waals surface area contributed by atoms with Crippen LogP contribution in [0.15, 0.2) is 0 Å². The van der Waals surface area contributed by atoms with Gasteiger partial charge in [0.05, 0.1) is 0 Å². The van der Waals surface area contributed by atoms with Crippen LogP contribution in [0, 0.1) is 0 Å². The third-order valence-corrected chi connectivity index (χ3v) is 4.53. The number of alkyl halides is 10. The van der Waals surface area contributed by atoms with Crippen LogP contribution in [0.25, 0.3) is 0 Å². The smallest absolute Gasteiger partial charge is 0.185 e. The SMILES string of the molecule is FC(F)(Cl)C(Cl)(Cl)C(Cl)(Cl)C(F)(F)Cl. The van der Waals surface area contributed by atoms with Gasteiger partial charge in [-0.3, -0.25) is 0 Å². The first-order chi connectivity index (χ1) is 5.75. The van der Waals surface area contributed by atoms with Crippen molar-refractivity contribution in [2.75, 3.05) is 0 Å². The van der Waals surface area contributed by atoms with E-state index in [0.717, 1.165) is 0 Å². The normalized spacial score (nSPS) is 15.9. The predicted molar refractivity (Wildman–Crippen MR) is 50.5 cm³/mol. The molecular weight excluding hydrogens is 337 g/mol. The number of hydrogen-bond donors (Lipinski definition) is 0. The van der Waals surface area contributed by atoms with Crippen molar-refractivity contribution in [1.29, 1.82) is 0 Å². The monoisotopic (exact) mass is 334 g/mol. The summed E-state index contributed by atoms with van der Waals surface area (Å²) >= 11 is 28.1. The molecule has 0 bridgehead atoms. The Labute approximate surface area is 106 Å². The minimum absolute atomic E-state index is 3.66. The van der Waals surface area contributed by atoms with E-state index in [1.54, 1.807) is 0 Å². The average Bonchev–Trinajstić information content (AvgIpc) is 1.81. The molecule has 0 aromatic rings. The molecule has 0 fully saturated rings. The van der Waals surface area contributed by atoms with Gasteiger partial charge in [-0.25, -0.2) is 0 Å². The molecule has 0 amide bonds. The second-order valence-corrected chi connectivity index (χ2v) is 5.75. The minimum atomic E-state index is -4.49. The Morgan fingerprint density at radius 1 is 0.500 bits per heavy atom. The molecule has 0 radical (unpaired) electrons. The molecule has 0 atom stereocenters. The summed E-state index contributed by atoms with van der Waals surface area (Å²) in [6.07, 6.45) is 0. The number of hydrogen-bond acceptors (Lipinski definition) is 0. The molecule has 0 aliphatic rings. The molecule has 0 heterocycles. The molecule has 0 aliphatic carbocycles. The van der Waals surface area contributed by atoms with E-state index in [2.05, 4.69) is 23.2 Å². The van der Waals surface area contributed by atoms with Crippen LogP contribution in [-0.4, -0.2) is 19.4 Å². The lowest BCUT2D eigenvalue weighted by atomic mass is 10.3. The van der Waals surface area contributed by atoms with E-state index < -0.39 is 19.4 Å². The van der Waals surface area contributed by atoms with E-state index in [0.29, 0.717) is 0 Å². The van der Waals surface area contributed by atoms with Gasteiger partial charge in [0, 0.05) is 0 Å². The van der Waals surface area contributed by atoms with Crippen LogP contribution >= 0.6 is 69.6 Å². The molecule has 0 rings (SSSR count). The van der Waals surface area contributed by atoms with Gasteiger partial charge in [-0.05, 0) is 23.2 Å². The maximum Gasteiger partial charge on any atom is 0.357 e. The molecule has 86 valence electrons. The van der Waals surface area contributed by atoms with Crippen molar-refractivity contribution in [3.63, 3.8) is 0 Å². The summed E-state index contributed by atoms with van der Waals surface area (Å²) in [6, 6.07) is 0. The highest BCUT2D eigenvalue weighted by Crippen LogP contribution is 2.60. The van der Waals surface area contributed by atoms with Gasteiger partial charge in [0.15, 0.2) is 0 Å². The van der Waals surface area contributed by atoms with Crippen molar-refractivity contribution in [2.24, 2.45) is 0 Å². The highest BCUT2D eigenvalue weighted by atomic mass is 35.5. The van der Waals surface area contributed by atoms with Crippen molar-refractivity contribution in [2.45, 2.75) is 19.4 Å². The summed E-state index contributed by atoms with van der Waals surface area (Å²) in [5.41, 5.74) is 0. The van der Waals surface area contributed by atoms with Gasteiger partial charge in [0.1, 0.15) is 0 Å². The zero-order valence-corrected chi connectivity index (χ0v) is 10.3. The van der Waals surface area contributed by atoms with Crippen LogP contribution in [0.1, 0.15) is 0 Å². The Balaban J connectivity index is 5.30. The summed E-state index contributed by atoms with van der Waals surface area (Å²) in [5, 5.41) is -8.98. The fourth-order valence-corrected chi connectivity index (χ4v) is 1.31. The van der Waals surface area contributed by atoms with E-state index in [-0.39, 0.29) is 0 Å². The Morgan fingerprint density at radius 3 is 0.714 bits per heavy atom. The van der Waals surface area contributed by atoms with Crippen LogP contribution in [0.3, 0.4) is 0 Å². The van der Waals surface area contributed by atoms with E-state index >= 15 is 0 Å². The molecule has 14 heavy (non-hydrogen) atoms. The molecule has 0 saturated heterocycles. The van der Waals surface area contributed by atoms with Crippen molar-refractivity contribution < 1.29 is 17.6 Å². The second-order valence-electron chi connectivity index (χ2n) is 2.14. The maximum atomic E-state index is 12.5. The summed E-state index contributed by atoms with van der Waals surface area (Å²) in [7, 11) is 0. The predicted octanol–water partition coefficient (Wildman–Crippen LogP) is 5.00. The fourth-order valence-electron chi connectivity index (χ4n) is 0.356. The summed E-state index contributed by atoms with van der Waals surface area (Å²) in [5.74, 6) is 0. The third-order valence-electron chi connectivity index (χ3n) is 1.11. The lowest BCUT2D eigenvalue weighted by Gasteiger charge is -2.37. The molecule has 10 heteroatoms. The molecule has 0 aromatic carbocycles. The van der Waals surface area contributed by atoms with Gasteiger partial charge in [-0.15, -0.1) is 0 Å². The maximum absolute atomic E-state index is 12.5. The first-order valence-corrected chi connectivity index (χ1v) is 4.91. The minimum Gasteiger partial charge on any atom is -0.185 e. The van der Waals surface area contributed by atoms with E-state index in [9.17, 15) is 17.6 Å². The van der Waals surface area contributed by atoms with Gasteiger partial charge in [-0.1, -0.05) is 46.4 Å². The van der Waals surface area contributed by atoms with E-state index in [4.69, 9.17) is 46.4 Å². The fraction of sp³-hybridized carbons (Fsp3) is 1.00. The molecule has 0 saturated carbocycles. The summed E-state index contributed by atoms with van der Waals surface area (Å²) < 4.78 is 42.6. The first-order valence-electron chi connectivity index (χ1n) is 2.64. The third kappa shape index (κ3) is 2.58. The van der Waals surface area contributed by atoms with Gasteiger partial charge in [-0.2, -0.15) is 17.6 Å². The molecule has 0 aliphatic heterocycles. The molecule has 0 unspecified atom stereocenters. The van der Waals surface area contributed by atoms with E-state index in [1.165, 1.54) is 0 Å². The van der Waals surface area contributed by atoms with Gasteiger partial charge >= 0.3 is 10.8 Å². The molecule has 0 N–H and O–H groups in total. The zero-order chi connectivity index (χ0) is 12.0. The zero-order valence-electron chi connectivity index (χ0n) is 5.78. The number of rotatable bonds is 3. The molecule has 0 aromatic heterocycles. The van der Waals surface area contributed by atoms with Gasteiger partial charge in [0.25, 0.3) is 0 Å². The lowest BCUT2D eigenvalue weighted by molar-refractivity contribution is 0.0119. The number of halogens is 10. The van der Waals surface area contributed by atoms with Crippen LogP contribution in [-0.2, 0) is 0 Å². The van der Waals surface area contributed by atoms with Crippen molar-refractivity contribution in [1.82, 2.24) is 0 Å². The summed E-state index contributed by atoms with van der Waals surface area (Å²) in [4.78, 5) is 0. The quantitative estimate of drug-likeness (QED) is 0.502. The van der Waals surface area contributed by atoms with Crippen LogP contribution in [0.5, 0.6) is 0 Å². The Morgan fingerprint density at radius 2 is 0.643 bits per heavy atom. The Bertz CT molecular complexity index is 191. The summed E-state index contributed by atoms with van der Waals surface area (Å²) in [6.45, 7) is 0. The van der Waals surface area contributed by atoms with Crippen molar-refractivity contribution >= 4 is 69.6 Å². The van der Waals surface area contributed by atoms with Crippen molar-refractivity contribution in [3.8, 4) is 0 Å². The van der Waals surface area contributed by atoms with Crippen LogP contribution in [0.2, 0.25) is 0 Å². The standard InChI is InChI=1S/C4Cl6F4/c5-1(6,3(9,11)12)2(7,8)4(10,13)14. The Hall–Kier alpha value is 1.46. The van der Waals surface area contributed by atoms with Gasteiger partial charge < -0.3 is 0 Å². The Kier molecular flexibility index (Phi) is 4.46. The van der Waals surface area contributed by atoms with Crippen LogP contribution in [0.4, 0.5) is 17.6 Å².